The highest BCUT2D eigenvalue weighted by atomic mass is 28.4. The molecule has 7 nitrogen and oxygen atoms in total. The molecule has 0 unspecified atom stereocenters. The van der Waals surface area contributed by atoms with Crippen molar-refractivity contribution >= 4 is 25.9 Å². The summed E-state index contributed by atoms with van der Waals surface area (Å²) in [5, 5.41) is 0. The first-order valence-corrected chi connectivity index (χ1v) is 18.5. The normalized spacial score (nSPS) is 13.7. The maximum Gasteiger partial charge on any atom is 0.500 e. The molecule has 0 aliphatic rings. The van der Waals surface area contributed by atoms with Crippen molar-refractivity contribution in [2.75, 3.05) is 42.7 Å². The van der Waals surface area contributed by atoms with Gasteiger partial charge in [0.05, 0.1) is 5.60 Å². The minimum atomic E-state index is -2.58. The van der Waals surface area contributed by atoms with Crippen molar-refractivity contribution < 1.29 is 31.0 Å². The fourth-order valence-corrected chi connectivity index (χ4v) is 10.4. The first kappa shape index (κ1) is 31.4. The Bertz CT molecular complexity index is 416. The Kier molecular flexibility index (Phi) is 15.5. The van der Waals surface area contributed by atoms with E-state index in [2.05, 4.69) is 26.9 Å². The van der Waals surface area contributed by atoms with E-state index in [0.717, 1.165) is 37.8 Å². The summed E-state index contributed by atoms with van der Waals surface area (Å²) in [6, 6.07) is 2.75. The van der Waals surface area contributed by atoms with Gasteiger partial charge in [0.25, 0.3) is 0 Å². The minimum Gasteiger partial charge on any atom is -0.412 e. The van der Waals surface area contributed by atoms with E-state index in [1.165, 1.54) is 25.3 Å². The van der Waals surface area contributed by atoms with Crippen LogP contribution in [0.1, 0.15) is 58.8 Å². The Morgan fingerprint density at radius 3 is 1.29 bits per heavy atom. The van der Waals surface area contributed by atoms with Gasteiger partial charge in [0.2, 0.25) is 0 Å². The summed E-state index contributed by atoms with van der Waals surface area (Å²) in [6.07, 6.45) is 7.47. The van der Waals surface area contributed by atoms with Gasteiger partial charge in [0.15, 0.2) is 8.32 Å². The molecule has 0 rings (SSSR count). The molecule has 188 valence electrons. The van der Waals surface area contributed by atoms with Gasteiger partial charge < -0.3 is 31.0 Å². The molecule has 31 heavy (non-hydrogen) atoms. The second-order valence-corrected chi connectivity index (χ2v) is 19.5. The van der Waals surface area contributed by atoms with Crippen LogP contribution in [0, 0.1) is 0 Å². The molecule has 0 aromatic carbocycles. The molecule has 0 saturated heterocycles. The molecule has 0 aliphatic heterocycles. The largest absolute Gasteiger partial charge is 0.500 e. The third kappa shape index (κ3) is 11.4. The van der Waals surface area contributed by atoms with E-state index in [-0.39, 0.29) is 5.60 Å². The lowest BCUT2D eigenvalue weighted by Crippen LogP contribution is -2.46. The van der Waals surface area contributed by atoms with Crippen molar-refractivity contribution in [1.82, 2.24) is 0 Å². The topological polar surface area (TPSA) is 64.6 Å². The van der Waals surface area contributed by atoms with Crippen molar-refractivity contribution in [3.63, 3.8) is 0 Å². The van der Waals surface area contributed by atoms with Crippen LogP contribution in [0.5, 0.6) is 0 Å². The van der Waals surface area contributed by atoms with E-state index in [1.807, 2.05) is 0 Å². The fraction of sp³-hybridized carbons (Fsp3) is 1.00. The zero-order valence-corrected chi connectivity index (χ0v) is 24.9. The van der Waals surface area contributed by atoms with E-state index >= 15 is 0 Å². The van der Waals surface area contributed by atoms with Gasteiger partial charge in [0, 0.05) is 54.7 Å². The van der Waals surface area contributed by atoms with Crippen LogP contribution in [0.3, 0.4) is 0 Å². The Morgan fingerprint density at radius 1 is 0.581 bits per heavy atom. The molecule has 0 aromatic rings. The molecule has 0 bridgehead atoms. The first-order valence-electron chi connectivity index (χ1n) is 11.6. The predicted octanol–water partition coefficient (Wildman–Crippen LogP) is 5.47. The molecular weight excluding hydrogens is 448 g/mol. The highest BCUT2D eigenvalue weighted by Crippen LogP contribution is 2.34. The smallest absolute Gasteiger partial charge is 0.412 e. The van der Waals surface area contributed by atoms with E-state index in [0.29, 0.717) is 0 Å². The summed E-state index contributed by atoms with van der Waals surface area (Å²) in [6.45, 7) is 9.19. The molecule has 0 spiro atoms. The third-order valence-corrected chi connectivity index (χ3v) is 14.4. The van der Waals surface area contributed by atoms with Crippen LogP contribution in [-0.4, -0.2) is 74.2 Å². The van der Waals surface area contributed by atoms with Crippen LogP contribution >= 0.6 is 0 Å². The predicted molar refractivity (Wildman–Crippen MR) is 133 cm³/mol. The summed E-state index contributed by atoms with van der Waals surface area (Å²) in [5.41, 5.74) is -0.216. The zero-order valence-electron chi connectivity index (χ0n) is 21.9. The van der Waals surface area contributed by atoms with Gasteiger partial charge in [-0.1, -0.05) is 26.2 Å². The highest BCUT2D eigenvalue weighted by Gasteiger charge is 2.41. The lowest BCUT2D eigenvalue weighted by molar-refractivity contribution is 0.0527. The summed E-state index contributed by atoms with van der Waals surface area (Å²) < 4.78 is 40.6. The number of hydrogen-bond acceptors (Lipinski definition) is 7. The summed E-state index contributed by atoms with van der Waals surface area (Å²) in [5.74, 6) is 0. The fourth-order valence-electron chi connectivity index (χ4n) is 4.22. The van der Waals surface area contributed by atoms with Gasteiger partial charge in [-0.15, -0.1) is 0 Å². The maximum absolute atomic E-state index is 6.93. The van der Waals surface area contributed by atoms with Crippen molar-refractivity contribution in [2.24, 2.45) is 0 Å². The Morgan fingerprint density at radius 2 is 0.968 bits per heavy atom. The molecule has 0 fully saturated rings. The number of hydrogen-bond donors (Lipinski definition) is 0. The van der Waals surface area contributed by atoms with E-state index < -0.39 is 25.9 Å². The lowest BCUT2D eigenvalue weighted by atomic mass is 9.95. The lowest BCUT2D eigenvalue weighted by Gasteiger charge is -2.39. The molecule has 0 N–H and O–H groups in total. The zero-order chi connectivity index (χ0) is 24.0. The maximum atomic E-state index is 6.93. The number of unbranched alkanes of at least 4 members (excludes halogenated alkanes) is 2. The monoisotopic (exact) mass is 498 g/mol. The van der Waals surface area contributed by atoms with Gasteiger partial charge in [-0.05, 0) is 51.7 Å². The minimum absolute atomic E-state index is 0.216. The quantitative estimate of drug-likeness (QED) is 0.163. The molecule has 0 heterocycles. The van der Waals surface area contributed by atoms with Crippen LogP contribution in [0.2, 0.25) is 31.2 Å². The van der Waals surface area contributed by atoms with Crippen molar-refractivity contribution in [3.8, 4) is 0 Å². The SMILES string of the molecule is CCCCC[Si](C)(C)OC(C)(CCC[Si](OC)(OC)OC)CCC[Si](OC)(OC)OC. The van der Waals surface area contributed by atoms with Crippen molar-refractivity contribution in [3.05, 3.63) is 0 Å². The second-order valence-electron chi connectivity index (χ2n) is 9.07. The van der Waals surface area contributed by atoms with Crippen LogP contribution in [0.25, 0.3) is 0 Å². The second kappa shape index (κ2) is 15.3. The number of rotatable bonds is 20. The molecule has 0 saturated carbocycles. The van der Waals surface area contributed by atoms with Crippen LogP contribution in [0.4, 0.5) is 0 Å². The molecular formula is C21H50O7Si3. The van der Waals surface area contributed by atoms with Crippen molar-refractivity contribution in [1.29, 1.82) is 0 Å². The standard InChI is InChI=1S/C21H50O7Si3/c1-11-12-13-18-29(9,10)28-21(2,16-14-19-30(22-3,23-4)24-5)17-15-20-31(25-6,26-7)27-8/h11-20H2,1-10H3. The molecule has 0 amide bonds. The summed E-state index contributed by atoms with van der Waals surface area (Å²) in [4.78, 5) is 0. The van der Waals surface area contributed by atoms with E-state index in [4.69, 9.17) is 31.0 Å². The molecule has 0 atom stereocenters. The van der Waals surface area contributed by atoms with E-state index in [1.54, 1.807) is 42.7 Å². The average Bonchev–Trinajstić information content (AvgIpc) is 2.75. The van der Waals surface area contributed by atoms with Crippen LogP contribution in [-0.2, 0) is 31.0 Å². The highest BCUT2D eigenvalue weighted by molar-refractivity contribution is 6.71. The molecule has 10 heteroatoms. The van der Waals surface area contributed by atoms with Gasteiger partial charge in [-0.3, -0.25) is 0 Å². The van der Waals surface area contributed by atoms with Gasteiger partial charge >= 0.3 is 17.6 Å². The first-order chi connectivity index (χ1) is 14.5. The third-order valence-electron chi connectivity index (χ3n) is 6.15. The Balaban J connectivity index is 5.22. The summed E-state index contributed by atoms with van der Waals surface area (Å²) >= 11 is 0. The van der Waals surface area contributed by atoms with Gasteiger partial charge in [-0.2, -0.15) is 0 Å². The average molecular weight is 499 g/mol. The van der Waals surface area contributed by atoms with Crippen molar-refractivity contribution in [2.45, 2.75) is 95.6 Å². The van der Waals surface area contributed by atoms with Gasteiger partial charge in [0.1, 0.15) is 0 Å². The molecule has 0 aromatic heterocycles. The van der Waals surface area contributed by atoms with Crippen LogP contribution < -0.4 is 0 Å². The molecule has 0 aliphatic carbocycles. The van der Waals surface area contributed by atoms with Crippen LogP contribution in [0.15, 0.2) is 0 Å². The van der Waals surface area contributed by atoms with E-state index in [9.17, 15) is 0 Å². The summed E-state index contributed by atoms with van der Waals surface area (Å²) in [7, 11) is 3.08. The Hall–Kier alpha value is 0.371. The Labute approximate surface area is 195 Å². The molecule has 0 radical (unpaired) electrons. The van der Waals surface area contributed by atoms with Gasteiger partial charge in [-0.25, -0.2) is 0 Å².